The van der Waals surface area contributed by atoms with Crippen molar-refractivity contribution in [2.75, 3.05) is 36.9 Å². The van der Waals surface area contributed by atoms with Gasteiger partial charge in [0.15, 0.2) is 0 Å². The quantitative estimate of drug-likeness (QED) is 0.141. The molecule has 2 aromatic heterocycles. The minimum atomic E-state index is -4.88. The van der Waals surface area contributed by atoms with Gasteiger partial charge < -0.3 is 30.5 Å². The van der Waals surface area contributed by atoms with Crippen LogP contribution < -0.4 is 20.7 Å². The van der Waals surface area contributed by atoms with E-state index >= 15 is 13.2 Å². The van der Waals surface area contributed by atoms with Gasteiger partial charge in [-0.1, -0.05) is 30.3 Å². The van der Waals surface area contributed by atoms with E-state index in [-0.39, 0.29) is 35.1 Å². The van der Waals surface area contributed by atoms with Crippen LogP contribution in [0, 0.1) is 12.3 Å². The van der Waals surface area contributed by atoms with Crippen molar-refractivity contribution in [1.29, 1.82) is 0 Å². The molecule has 12 nitrogen and oxygen atoms in total. The lowest BCUT2D eigenvalue weighted by Crippen LogP contribution is -2.41. The second kappa shape index (κ2) is 14.4. The summed E-state index contributed by atoms with van der Waals surface area (Å²) < 4.78 is 57.2. The highest BCUT2D eigenvalue weighted by molar-refractivity contribution is 5.87. The maximum absolute atomic E-state index is 15.1. The van der Waals surface area contributed by atoms with E-state index in [0.717, 1.165) is 0 Å². The van der Waals surface area contributed by atoms with Crippen LogP contribution in [0.5, 0.6) is 5.88 Å². The molecule has 4 heterocycles. The van der Waals surface area contributed by atoms with Crippen LogP contribution in [-0.2, 0) is 14.3 Å². The highest BCUT2D eigenvalue weighted by Gasteiger charge is 2.46. The van der Waals surface area contributed by atoms with E-state index in [1.165, 1.54) is 22.9 Å². The smallest absolute Gasteiger partial charge is 0.429 e. The van der Waals surface area contributed by atoms with Crippen LogP contribution in [0.25, 0.3) is 22.9 Å². The van der Waals surface area contributed by atoms with Gasteiger partial charge in [-0.2, -0.15) is 28.2 Å². The largest absolute Gasteiger partial charge is 0.480 e. The van der Waals surface area contributed by atoms with Crippen LogP contribution in [0.1, 0.15) is 49.1 Å². The van der Waals surface area contributed by atoms with Crippen molar-refractivity contribution < 1.29 is 37.3 Å². The molecule has 2 aromatic carbocycles. The van der Waals surface area contributed by atoms with Crippen molar-refractivity contribution in [3.8, 4) is 22.7 Å². The lowest BCUT2D eigenvalue weighted by atomic mass is 9.76. The number of nitrogen functional groups attached to an aromatic ring is 1. The SMILES string of the molecule is CCOC(=O)C=Cc1ccc(-c2ccc(-n3ccc(C)n3)c([C@@H](Oc3cc(N4CCC5(CC4)CNC(C(=O)O)C5)nc(N)n3)C(F)(F)F)c2)cc1. The molecule has 51 heavy (non-hydrogen) atoms. The standard InChI is InChI=1S/C36H38F3N7O5/c1-3-50-31(47)11-6-23-4-7-24(8-5-23)25-9-10-28(46-15-12-22(2)44-46)26(18-25)32(36(37,38)39)51-30-19-29(42-34(40)43-30)45-16-13-35(14-17-45)20-27(33(48)49)41-21-35/h4-12,15,18-19,27,32,41H,3,13-14,16-17,20-21H2,1-2H3,(H,48,49)(H2,40,42,43)/t27?,32-/m1/s1. The van der Waals surface area contributed by atoms with Crippen LogP contribution in [0.4, 0.5) is 24.9 Å². The van der Waals surface area contributed by atoms with Crippen molar-refractivity contribution >= 4 is 29.8 Å². The van der Waals surface area contributed by atoms with Gasteiger partial charge in [0.05, 0.1) is 18.0 Å². The highest BCUT2D eigenvalue weighted by atomic mass is 19.4. The monoisotopic (exact) mass is 705 g/mol. The number of aromatic nitrogens is 4. The molecule has 0 bridgehead atoms. The average Bonchev–Trinajstić information content (AvgIpc) is 3.72. The normalized spacial score (nSPS) is 17.9. The number of alkyl halides is 3. The fourth-order valence-corrected chi connectivity index (χ4v) is 6.61. The predicted molar refractivity (Wildman–Crippen MR) is 183 cm³/mol. The minimum absolute atomic E-state index is 0.164. The average molecular weight is 706 g/mol. The molecule has 0 saturated carbocycles. The molecule has 1 spiro atoms. The first-order valence-corrected chi connectivity index (χ1v) is 16.5. The molecule has 15 heteroatoms. The molecule has 2 aliphatic heterocycles. The molecular weight excluding hydrogens is 667 g/mol. The number of hydrogen-bond donors (Lipinski definition) is 3. The molecular formula is C36H38F3N7O5. The number of carbonyl (C=O) groups is 2. The van der Waals surface area contributed by atoms with Crippen molar-refractivity contribution in [3.63, 3.8) is 0 Å². The summed E-state index contributed by atoms with van der Waals surface area (Å²) >= 11 is 0. The number of ether oxygens (including phenoxy) is 2. The van der Waals surface area contributed by atoms with Gasteiger partial charge >= 0.3 is 18.1 Å². The van der Waals surface area contributed by atoms with E-state index in [2.05, 4.69) is 20.4 Å². The van der Waals surface area contributed by atoms with Crippen LogP contribution in [0.2, 0.25) is 0 Å². The third-order valence-electron chi connectivity index (χ3n) is 9.27. The zero-order valence-corrected chi connectivity index (χ0v) is 28.1. The second-order valence-corrected chi connectivity index (χ2v) is 12.8. The number of piperidine rings is 1. The fourth-order valence-electron chi connectivity index (χ4n) is 6.61. The number of aliphatic carboxylic acids is 1. The number of carboxylic acid groups (broad SMARTS) is 1. The number of nitrogens with two attached hydrogens (primary N) is 1. The molecule has 2 fully saturated rings. The molecule has 4 N–H and O–H groups in total. The van der Waals surface area contributed by atoms with Gasteiger partial charge in [0.2, 0.25) is 17.9 Å². The Morgan fingerprint density at radius 2 is 1.82 bits per heavy atom. The molecule has 0 amide bonds. The van der Waals surface area contributed by atoms with Crippen LogP contribution in [0.3, 0.4) is 0 Å². The number of nitrogens with one attached hydrogen (secondary N) is 1. The summed E-state index contributed by atoms with van der Waals surface area (Å²) in [7, 11) is 0. The number of hydrogen-bond acceptors (Lipinski definition) is 10. The molecule has 2 atom stereocenters. The Balaban J connectivity index is 1.30. The molecule has 6 rings (SSSR count). The molecule has 2 saturated heterocycles. The summed E-state index contributed by atoms with van der Waals surface area (Å²) in [4.78, 5) is 33.4. The van der Waals surface area contributed by atoms with Crippen molar-refractivity contribution in [2.45, 2.75) is 51.4 Å². The van der Waals surface area contributed by atoms with E-state index in [1.807, 2.05) is 4.90 Å². The Morgan fingerprint density at radius 1 is 1.10 bits per heavy atom. The molecule has 1 unspecified atom stereocenters. The lowest BCUT2D eigenvalue weighted by molar-refractivity contribution is -0.198. The van der Waals surface area contributed by atoms with Gasteiger partial charge in [0.1, 0.15) is 11.9 Å². The summed E-state index contributed by atoms with van der Waals surface area (Å²) in [5, 5.41) is 16.9. The predicted octanol–water partition coefficient (Wildman–Crippen LogP) is 5.51. The van der Waals surface area contributed by atoms with E-state index in [0.29, 0.717) is 67.1 Å². The van der Waals surface area contributed by atoms with E-state index in [4.69, 9.17) is 15.2 Å². The van der Waals surface area contributed by atoms with Crippen molar-refractivity contribution in [3.05, 3.63) is 83.7 Å². The molecule has 268 valence electrons. The molecule has 4 aromatic rings. The first-order valence-electron chi connectivity index (χ1n) is 16.5. The van der Waals surface area contributed by atoms with E-state index in [9.17, 15) is 14.7 Å². The first kappa shape index (κ1) is 35.4. The topological polar surface area (TPSA) is 158 Å². The Kier molecular flexibility index (Phi) is 10.0. The lowest BCUT2D eigenvalue weighted by Gasteiger charge is -2.39. The summed E-state index contributed by atoms with van der Waals surface area (Å²) in [6, 6.07) is 14.1. The number of benzene rings is 2. The number of carboxylic acids is 1. The van der Waals surface area contributed by atoms with Crippen LogP contribution >= 0.6 is 0 Å². The van der Waals surface area contributed by atoms with Gasteiger partial charge in [0, 0.05) is 43.5 Å². The Morgan fingerprint density at radius 3 is 2.45 bits per heavy atom. The number of carbonyl (C=O) groups excluding carboxylic acids is 1. The zero-order valence-electron chi connectivity index (χ0n) is 28.1. The number of esters is 1. The van der Waals surface area contributed by atoms with Gasteiger partial charge in [-0.15, -0.1) is 0 Å². The number of rotatable bonds is 10. The molecule has 0 radical (unpaired) electrons. The van der Waals surface area contributed by atoms with Crippen molar-refractivity contribution in [2.24, 2.45) is 5.41 Å². The van der Waals surface area contributed by atoms with Crippen molar-refractivity contribution in [1.82, 2.24) is 25.1 Å². The maximum atomic E-state index is 15.1. The highest BCUT2D eigenvalue weighted by Crippen LogP contribution is 2.43. The number of anilines is 2. The van der Waals surface area contributed by atoms with E-state index < -0.39 is 30.3 Å². The summed E-state index contributed by atoms with van der Waals surface area (Å²) in [6.07, 6.45) is -1.01. The Labute approximate surface area is 292 Å². The molecule has 0 aliphatic carbocycles. The van der Waals surface area contributed by atoms with Crippen LogP contribution in [0.15, 0.2) is 66.9 Å². The number of nitrogens with zero attached hydrogens (tertiary/aromatic N) is 5. The minimum Gasteiger partial charge on any atom is -0.480 e. The third-order valence-corrected chi connectivity index (χ3v) is 9.27. The Hall–Kier alpha value is -5.44. The summed E-state index contributed by atoms with van der Waals surface area (Å²) in [5.41, 5.74) is 8.26. The van der Waals surface area contributed by atoms with Gasteiger partial charge in [-0.25, -0.2) is 9.48 Å². The molecule has 2 aliphatic rings. The fraction of sp³-hybridized carbons (Fsp3) is 0.361. The van der Waals surface area contributed by atoms with Gasteiger partial charge in [0.25, 0.3) is 0 Å². The van der Waals surface area contributed by atoms with Crippen LogP contribution in [-0.4, -0.2) is 75.3 Å². The summed E-state index contributed by atoms with van der Waals surface area (Å²) in [6.45, 7) is 5.30. The van der Waals surface area contributed by atoms with Gasteiger partial charge in [-0.3, -0.25) is 4.79 Å². The zero-order chi connectivity index (χ0) is 36.3. The number of halogens is 3. The first-order chi connectivity index (χ1) is 24.3. The third kappa shape index (κ3) is 8.14. The Bertz CT molecular complexity index is 1920. The maximum Gasteiger partial charge on any atom is 0.429 e. The second-order valence-electron chi connectivity index (χ2n) is 12.8. The van der Waals surface area contributed by atoms with E-state index in [1.54, 1.807) is 68.6 Å². The number of aryl methyl sites for hydroxylation is 1. The summed E-state index contributed by atoms with van der Waals surface area (Å²) in [5.74, 6) is -1.63. The van der Waals surface area contributed by atoms with Gasteiger partial charge in [-0.05, 0) is 79.5 Å².